The zero-order valence-corrected chi connectivity index (χ0v) is 11.9. The zero-order valence-electron chi connectivity index (χ0n) is 11.9. The Hall–Kier alpha value is -1.06. The van der Waals surface area contributed by atoms with E-state index in [4.69, 9.17) is 0 Å². The van der Waals surface area contributed by atoms with Crippen molar-refractivity contribution in [3.8, 4) is 0 Å². The van der Waals surface area contributed by atoms with Crippen LogP contribution in [-0.4, -0.2) is 35.8 Å². The third kappa shape index (κ3) is 5.07. The van der Waals surface area contributed by atoms with Gasteiger partial charge in [0.25, 0.3) is 0 Å². The average Bonchev–Trinajstić information content (AvgIpc) is 2.75. The van der Waals surface area contributed by atoms with Crippen LogP contribution in [0, 0.1) is 5.92 Å². The minimum absolute atomic E-state index is 0.0833. The molecule has 1 rings (SSSR count). The Morgan fingerprint density at radius 2 is 1.89 bits per heavy atom. The summed E-state index contributed by atoms with van der Waals surface area (Å²) in [5.74, 6) is 0.587. The first-order chi connectivity index (χ1) is 8.50. The lowest BCUT2D eigenvalue weighted by molar-refractivity contribution is -0.131. The summed E-state index contributed by atoms with van der Waals surface area (Å²) in [6, 6.07) is 0.393. The molecule has 0 aliphatic heterocycles. The Morgan fingerprint density at radius 1 is 1.28 bits per heavy atom. The van der Waals surface area contributed by atoms with Crippen LogP contribution in [0.15, 0.2) is 0 Å². The van der Waals surface area contributed by atoms with Gasteiger partial charge in [-0.1, -0.05) is 26.7 Å². The third-order valence-electron chi connectivity index (χ3n) is 3.44. The van der Waals surface area contributed by atoms with Gasteiger partial charge in [-0.15, -0.1) is 0 Å². The number of carbonyl (C=O) groups is 2. The van der Waals surface area contributed by atoms with Gasteiger partial charge in [-0.05, 0) is 18.8 Å². The fourth-order valence-corrected chi connectivity index (χ4v) is 2.57. The molecule has 1 N–H and O–H groups in total. The van der Waals surface area contributed by atoms with Crippen LogP contribution in [0.3, 0.4) is 0 Å². The van der Waals surface area contributed by atoms with E-state index in [-0.39, 0.29) is 11.8 Å². The van der Waals surface area contributed by atoms with Crippen molar-refractivity contribution >= 4 is 11.8 Å². The molecule has 1 aliphatic rings. The average molecular weight is 254 g/mol. The van der Waals surface area contributed by atoms with E-state index in [9.17, 15) is 9.59 Å². The second-order valence-corrected chi connectivity index (χ2v) is 5.60. The molecule has 2 amide bonds. The maximum Gasteiger partial charge on any atom is 0.220 e. The summed E-state index contributed by atoms with van der Waals surface area (Å²) in [7, 11) is 0. The van der Waals surface area contributed by atoms with E-state index >= 15 is 0 Å². The Balaban J connectivity index is 2.29. The molecular formula is C14H26N2O2. The first kappa shape index (κ1) is 15.0. The summed E-state index contributed by atoms with van der Waals surface area (Å²) < 4.78 is 0. The maximum atomic E-state index is 11.6. The fourth-order valence-electron chi connectivity index (χ4n) is 2.57. The Labute approximate surface area is 110 Å². The van der Waals surface area contributed by atoms with Gasteiger partial charge in [0.2, 0.25) is 11.8 Å². The number of nitrogens with one attached hydrogen (secondary N) is 1. The van der Waals surface area contributed by atoms with Crippen molar-refractivity contribution in [1.29, 1.82) is 0 Å². The van der Waals surface area contributed by atoms with E-state index in [0.717, 1.165) is 12.8 Å². The van der Waals surface area contributed by atoms with Crippen LogP contribution in [-0.2, 0) is 9.59 Å². The van der Waals surface area contributed by atoms with E-state index in [1.807, 2.05) is 18.7 Å². The highest BCUT2D eigenvalue weighted by Crippen LogP contribution is 2.23. The van der Waals surface area contributed by atoms with Crippen molar-refractivity contribution in [2.24, 2.45) is 5.92 Å². The number of carbonyl (C=O) groups excluding carboxylic acids is 2. The van der Waals surface area contributed by atoms with Crippen molar-refractivity contribution in [2.75, 3.05) is 13.1 Å². The highest BCUT2D eigenvalue weighted by Gasteiger charge is 2.24. The van der Waals surface area contributed by atoms with Gasteiger partial charge in [-0.2, -0.15) is 0 Å². The molecule has 0 aromatic heterocycles. The molecule has 0 bridgehead atoms. The first-order valence-electron chi connectivity index (χ1n) is 7.04. The maximum absolute atomic E-state index is 11.6. The number of hydrogen-bond acceptors (Lipinski definition) is 2. The van der Waals surface area contributed by atoms with Gasteiger partial charge in [-0.3, -0.25) is 9.59 Å². The standard InChI is InChI=1S/C14H26N2O2/c1-11(2)10-14(18)15-8-9-16(12(3)17)13-6-4-5-7-13/h11,13H,4-10H2,1-3H3,(H,15,18). The summed E-state index contributed by atoms with van der Waals surface area (Å²) in [4.78, 5) is 25.0. The topological polar surface area (TPSA) is 49.4 Å². The van der Waals surface area contributed by atoms with E-state index in [2.05, 4.69) is 5.32 Å². The van der Waals surface area contributed by atoms with E-state index < -0.39 is 0 Å². The number of nitrogens with zero attached hydrogens (tertiary/aromatic N) is 1. The molecule has 0 unspecified atom stereocenters. The molecule has 18 heavy (non-hydrogen) atoms. The highest BCUT2D eigenvalue weighted by molar-refractivity contribution is 5.76. The van der Waals surface area contributed by atoms with Crippen molar-refractivity contribution in [3.63, 3.8) is 0 Å². The van der Waals surface area contributed by atoms with Crippen molar-refractivity contribution in [2.45, 2.75) is 58.9 Å². The molecular weight excluding hydrogens is 228 g/mol. The second-order valence-electron chi connectivity index (χ2n) is 5.60. The summed E-state index contributed by atoms with van der Waals surface area (Å²) in [5, 5.41) is 2.89. The SMILES string of the molecule is CC(=O)N(CCNC(=O)CC(C)C)C1CCCC1. The van der Waals surface area contributed by atoms with Gasteiger partial charge in [0.1, 0.15) is 0 Å². The first-order valence-corrected chi connectivity index (χ1v) is 7.04. The Bertz CT molecular complexity index is 284. The summed E-state index contributed by atoms with van der Waals surface area (Å²) >= 11 is 0. The van der Waals surface area contributed by atoms with Gasteiger partial charge >= 0.3 is 0 Å². The lowest BCUT2D eigenvalue weighted by Crippen LogP contribution is -2.42. The van der Waals surface area contributed by atoms with Gasteiger partial charge in [0.15, 0.2) is 0 Å². The van der Waals surface area contributed by atoms with E-state index in [1.165, 1.54) is 12.8 Å². The lowest BCUT2D eigenvalue weighted by Gasteiger charge is -2.28. The van der Waals surface area contributed by atoms with E-state index in [0.29, 0.717) is 31.5 Å². The normalized spacial score (nSPS) is 16.0. The lowest BCUT2D eigenvalue weighted by atomic mass is 10.1. The fraction of sp³-hybridized carbons (Fsp3) is 0.857. The number of rotatable bonds is 6. The van der Waals surface area contributed by atoms with Crippen LogP contribution in [0.4, 0.5) is 0 Å². The Kier molecular flexibility index (Phi) is 6.16. The third-order valence-corrected chi connectivity index (χ3v) is 3.44. The molecule has 0 heterocycles. The van der Waals surface area contributed by atoms with Crippen LogP contribution < -0.4 is 5.32 Å². The molecule has 0 saturated heterocycles. The van der Waals surface area contributed by atoms with Crippen LogP contribution in [0.5, 0.6) is 0 Å². The quantitative estimate of drug-likeness (QED) is 0.787. The molecule has 0 spiro atoms. The van der Waals surface area contributed by atoms with Crippen molar-refractivity contribution in [3.05, 3.63) is 0 Å². The zero-order chi connectivity index (χ0) is 13.5. The molecule has 4 heteroatoms. The molecule has 0 radical (unpaired) electrons. The predicted molar refractivity (Wildman–Crippen MR) is 72.1 cm³/mol. The van der Waals surface area contributed by atoms with Crippen molar-refractivity contribution < 1.29 is 9.59 Å². The van der Waals surface area contributed by atoms with Gasteiger partial charge in [-0.25, -0.2) is 0 Å². The number of amides is 2. The van der Waals surface area contributed by atoms with Gasteiger partial charge in [0, 0.05) is 32.5 Å². The van der Waals surface area contributed by atoms with Crippen LogP contribution in [0.1, 0.15) is 52.9 Å². The van der Waals surface area contributed by atoms with Crippen LogP contribution in [0.2, 0.25) is 0 Å². The minimum atomic E-state index is 0.0833. The minimum Gasteiger partial charge on any atom is -0.354 e. The molecule has 1 aliphatic carbocycles. The molecule has 1 fully saturated rings. The van der Waals surface area contributed by atoms with Gasteiger partial charge in [0.05, 0.1) is 0 Å². The van der Waals surface area contributed by atoms with E-state index in [1.54, 1.807) is 6.92 Å². The highest BCUT2D eigenvalue weighted by atomic mass is 16.2. The summed E-state index contributed by atoms with van der Waals surface area (Å²) in [6.45, 7) is 6.89. The van der Waals surface area contributed by atoms with Crippen LogP contribution in [0.25, 0.3) is 0 Å². The second kappa shape index (κ2) is 7.39. The molecule has 0 aromatic rings. The van der Waals surface area contributed by atoms with Crippen molar-refractivity contribution in [1.82, 2.24) is 10.2 Å². The van der Waals surface area contributed by atoms with Gasteiger partial charge < -0.3 is 10.2 Å². The van der Waals surface area contributed by atoms with Crippen LogP contribution >= 0.6 is 0 Å². The monoisotopic (exact) mass is 254 g/mol. The predicted octanol–water partition coefficient (Wildman–Crippen LogP) is 1.94. The summed E-state index contributed by atoms with van der Waals surface area (Å²) in [6.07, 6.45) is 5.21. The number of hydrogen-bond donors (Lipinski definition) is 1. The largest absolute Gasteiger partial charge is 0.354 e. The smallest absolute Gasteiger partial charge is 0.220 e. The molecule has 0 aromatic carbocycles. The molecule has 4 nitrogen and oxygen atoms in total. The summed E-state index contributed by atoms with van der Waals surface area (Å²) in [5.41, 5.74) is 0. The molecule has 1 saturated carbocycles. The Morgan fingerprint density at radius 3 is 2.39 bits per heavy atom. The molecule has 0 atom stereocenters. The molecule has 104 valence electrons.